The van der Waals surface area contributed by atoms with E-state index in [1.54, 1.807) is 0 Å². The van der Waals surface area contributed by atoms with Gasteiger partial charge in [-0.2, -0.15) is 0 Å². The summed E-state index contributed by atoms with van der Waals surface area (Å²) in [5, 5.41) is 0. The van der Waals surface area contributed by atoms with Gasteiger partial charge in [-0.05, 0) is 73.0 Å². The van der Waals surface area contributed by atoms with Crippen molar-refractivity contribution >= 4 is 11.9 Å². The van der Waals surface area contributed by atoms with E-state index in [4.69, 9.17) is 9.47 Å². The van der Waals surface area contributed by atoms with Crippen molar-refractivity contribution in [3.8, 4) is 0 Å². The normalized spacial score (nSPS) is 43.0. The first-order valence-electron chi connectivity index (χ1n) is 11.1. The third kappa shape index (κ3) is 3.02. The van der Waals surface area contributed by atoms with Crippen molar-refractivity contribution in [3.05, 3.63) is 12.2 Å². The Bertz CT molecular complexity index is 679. The molecular weight excluding hydrogens is 352 g/mol. The molecule has 0 radical (unpaired) electrons. The Morgan fingerprint density at radius 1 is 0.893 bits per heavy atom. The van der Waals surface area contributed by atoms with Crippen molar-refractivity contribution in [2.45, 2.75) is 79.1 Å². The van der Waals surface area contributed by atoms with E-state index in [1.807, 2.05) is 0 Å². The molecular formula is C24H36O4. The molecule has 0 aromatic carbocycles. The largest absolute Gasteiger partial charge is 0.465 e. The molecule has 3 fully saturated rings. The Hall–Kier alpha value is -1.32. The molecule has 0 unspecified atom stereocenters. The fourth-order valence-electron chi connectivity index (χ4n) is 7.96. The van der Waals surface area contributed by atoms with Crippen LogP contribution in [0.25, 0.3) is 0 Å². The van der Waals surface area contributed by atoms with Crippen molar-refractivity contribution in [1.29, 1.82) is 0 Å². The van der Waals surface area contributed by atoms with Crippen LogP contribution < -0.4 is 0 Å². The lowest BCUT2D eigenvalue weighted by atomic mass is 9.40. The maximum atomic E-state index is 11.6. The molecule has 0 heterocycles. The number of carbonyl (C=O) groups excluding carboxylic acids is 2. The van der Waals surface area contributed by atoms with E-state index in [0.717, 1.165) is 19.3 Å². The highest BCUT2D eigenvalue weighted by molar-refractivity contribution is 5.66. The van der Waals surface area contributed by atoms with E-state index in [2.05, 4.69) is 26.0 Å². The summed E-state index contributed by atoms with van der Waals surface area (Å²) in [4.78, 5) is 23.3. The van der Waals surface area contributed by atoms with E-state index in [1.165, 1.54) is 46.0 Å². The van der Waals surface area contributed by atoms with Gasteiger partial charge in [0.25, 0.3) is 0 Å². The van der Waals surface area contributed by atoms with Crippen molar-refractivity contribution in [2.75, 3.05) is 13.2 Å². The van der Waals surface area contributed by atoms with Gasteiger partial charge in [0.2, 0.25) is 0 Å². The predicted octanol–water partition coefficient (Wildman–Crippen LogP) is 5.06. The van der Waals surface area contributed by atoms with Gasteiger partial charge in [0.1, 0.15) is 13.2 Å². The van der Waals surface area contributed by atoms with Crippen molar-refractivity contribution in [2.24, 2.45) is 33.5 Å². The predicted molar refractivity (Wildman–Crippen MR) is 107 cm³/mol. The van der Waals surface area contributed by atoms with Crippen molar-refractivity contribution < 1.29 is 19.1 Å². The monoisotopic (exact) mass is 388 g/mol. The summed E-state index contributed by atoms with van der Waals surface area (Å²) >= 11 is 0. The Morgan fingerprint density at radius 3 is 2.18 bits per heavy atom. The molecule has 0 aliphatic heterocycles. The minimum atomic E-state index is -0.242. The van der Waals surface area contributed by atoms with E-state index in [9.17, 15) is 9.59 Å². The molecule has 0 aromatic heterocycles. The molecule has 28 heavy (non-hydrogen) atoms. The van der Waals surface area contributed by atoms with E-state index >= 15 is 0 Å². The fraction of sp³-hybridized carbons (Fsp3) is 0.833. The first-order chi connectivity index (χ1) is 13.1. The molecule has 4 aliphatic carbocycles. The highest BCUT2D eigenvalue weighted by Gasteiger charge is 2.64. The van der Waals surface area contributed by atoms with Crippen LogP contribution >= 0.6 is 0 Å². The molecule has 2 bridgehead atoms. The van der Waals surface area contributed by atoms with Gasteiger partial charge >= 0.3 is 11.9 Å². The average molecular weight is 389 g/mol. The molecule has 4 heteroatoms. The van der Waals surface area contributed by atoms with Crippen LogP contribution in [-0.2, 0) is 19.1 Å². The van der Waals surface area contributed by atoms with Gasteiger partial charge in [0, 0.05) is 19.3 Å². The first kappa shape index (κ1) is 20.0. The summed E-state index contributed by atoms with van der Waals surface area (Å²) in [7, 11) is 0. The summed E-state index contributed by atoms with van der Waals surface area (Å²) in [6, 6.07) is 0. The first-order valence-corrected chi connectivity index (χ1v) is 11.1. The number of fused-ring (bicyclic) bond motifs is 3. The van der Waals surface area contributed by atoms with Gasteiger partial charge in [-0.25, -0.2) is 0 Å². The second-order valence-corrected chi connectivity index (χ2v) is 10.9. The summed E-state index contributed by atoms with van der Waals surface area (Å²) in [6.07, 6.45) is 14.6. The molecule has 3 saturated carbocycles. The van der Waals surface area contributed by atoms with Crippen LogP contribution in [0.2, 0.25) is 0 Å². The number of rotatable bonds is 4. The third-order valence-corrected chi connectivity index (χ3v) is 8.99. The van der Waals surface area contributed by atoms with Crippen molar-refractivity contribution in [3.63, 3.8) is 0 Å². The zero-order valence-corrected chi connectivity index (χ0v) is 18.0. The topological polar surface area (TPSA) is 52.6 Å². The van der Waals surface area contributed by atoms with Gasteiger partial charge < -0.3 is 9.47 Å². The molecule has 156 valence electrons. The Labute approximate surface area is 169 Å². The van der Waals surface area contributed by atoms with Crippen molar-refractivity contribution in [1.82, 2.24) is 0 Å². The van der Waals surface area contributed by atoms with Crippen LogP contribution in [0.5, 0.6) is 0 Å². The second kappa shape index (κ2) is 6.60. The quantitative estimate of drug-likeness (QED) is 0.499. The van der Waals surface area contributed by atoms with E-state index < -0.39 is 0 Å². The lowest BCUT2D eigenvalue weighted by Gasteiger charge is -2.64. The van der Waals surface area contributed by atoms with E-state index in [0.29, 0.717) is 35.9 Å². The van der Waals surface area contributed by atoms with Gasteiger partial charge in [-0.15, -0.1) is 0 Å². The average Bonchev–Trinajstić information content (AvgIpc) is 2.87. The highest BCUT2D eigenvalue weighted by atomic mass is 16.5. The lowest BCUT2D eigenvalue weighted by Crippen LogP contribution is -2.59. The lowest BCUT2D eigenvalue weighted by molar-refractivity contribution is -0.190. The minimum Gasteiger partial charge on any atom is -0.465 e. The number of ether oxygens (including phenoxy) is 2. The van der Waals surface area contributed by atoms with Gasteiger partial charge in [-0.3, -0.25) is 9.59 Å². The third-order valence-electron chi connectivity index (χ3n) is 8.99. The van der Waals surface area contributed by atoms with Gasteiger partial charge in [-0.1, -0.05) is 32.4 Å². The smallest absolute Gasteiger partial charge is 0.302 e. The number of hydrogen-bond acceptors (Lipinski definition) is 4. The summed E-state index contributed by atoms with van der Waals surface area (Å²) in [5.74, 6) is 0.629. The van der Waals surface area contributed by atoms with Crippen LogP contribution in [0.4, 0.5) is 0 Å². The van der Waals surface area contributed by atoms with Crippen LogP contribution in [0, 0.1) is 33.5 Å². The number of esters is 2. The summed E-state index contributed by atoms with van der Waals surface area (Å²) in [6.45, 7) is 8.63. The zero-order chi connectivity index (χ0) is 20.2. The molecule has 5 atom stereocenters. The van der Waals surface area contributed by atoms with Crippen LogP contribution in [-0.4, -0.2) is 25.2 Å². The zero-order valence-electron chi connectivity index (χ0n) is 18.0. The number of hydrogen-bond donors (Lipinski definition) is 0. The maximum Gasteiger partial charge on any atom is 0.302 e. The molecule has 1 spiro atoms. The second-order valence-electron chi connectivity index (χ2n) is 10.9. The molecule has 0 aromatic rings. The molecule has 0 amide bonds. The van der Waals surface area contributed by atoms with Gasteiger partial charge in [0.05, 0.1) is 0 Å². The number of carbonyl (C=O) groups is 2. The van der Waals surface area contributed by atoms with Crippen LogP contribution in [0.15, 0.2) is 12.2 Å². The maximum absolute atomic E-state index is 11.6. The van der Waals surface area contributed by atoms with E-state index in [-0.39, 0.29) is 22.8 Å². The summed E-state index contributed by atoms with van der Waals surface area (Å²) in [5.41, 5.74) is 0.715. The Morgan fingerprint density at radius 2 is 1.54 bits per heavy atom. The molecule has 4 rings (SSSR count). The van der Waals surface area contributed by atoms with Crippen LogP contribution in [0.1, 0.15) is 79.1 Å². The Kier molecular flexibility index (Phi) is 4.71. The SMILES string of the molecule is CC(=O)OCC1(COC(C)=O)CCC[C@]2(C)[C@@H]1CC[C@@]13C=C[C@@](C)(CC[C@H]12)C3. The molecule has 4 aliphatic rings. The molecule has 4 nitrogen and oxygen atoms in total. The highest BCUT2D eigenvalue weighted by Crippen LogP contribution is 2.71. The van der Waals surface area contributed by atoms with Gasteiger partial charge in [0.15, 0.2) is 0 Å². The Balaban J connectivity index is 1.67. The standard InChI is InChI=1S/C24H36O4/c1-17(25)27-15-24(16-28-18(2)26)9-5-8-22(4)19-6-10-21(3)12-13-23(19,14-21)11-7-20(22)24/h12-13,19-20H,5-11,14-16H2,1-4H3/t19-,20-,21+,22-,23-/m0/s1. The van der Waals surface area contributed by atoms with Crippen LogP contribution in [0.3, 0.4) is 0 Å². The molecule has 0 N–H and O–H groups in total. The summed E-state index contributed by atoms with van der Waals surface area (Å²) < 4.78 is 11.2. The minimum absolute atomic E-state index is 0.215. The number of allylic oxidation sites excluding steroid dienone is 2. The fourth-order valence-corrected chi connectivity index (χ4v) is 7.96. The molecule has 0 saturated heterocycles.